The smallest absolute Gasteiger partial charge is 0.261 e. The predicted octanol–water partition coefficient (Wildman–Crippen LogP) is 3.22. The van der Waals surface area contributed by atoms with E-state index in [0.717, 1.165) is 0 Å². The van der Waals surface area contributed by atoms with Crippen LogP contribution in [0, 0.1) is 5.82 Å². The van der Waals surface area contributed by atoms with Crippen LogP contribution in [-0.2, 0) is 10.0 Å². The first-order valence-electron chi connectivity index (χ1n) is 9.31. The summed E-state index contributed by atoms with van der Waals surface area (Å²) < 4.78 is 47.6. The Morgan fingerprint density at radius 1 is 1.17 bits per heavy atom. The van der Waals surface area contributed by atoms with Gasteiger partial charge in [0.05, 0.1) is 24.3 Å². The van der Waals surface area contributed by atoms with E-state index in [9.17, 15) is 17.6 Å². The molecule has 2 aromatic carbocycles. The van der Waals surface area contributed by atoms with E-state index in [2.05, 4.69) is 4.98 Å². The largest absolute Gasteiger partial charge is 0.495 e. The number of sulfonamides is 1. The molecule has 30 heavy (non-hydrogen) atoms. The molecule has 0 unspecified atom stereocenters. The zero-order valence-electron chi connectivity index (χ0n) is 16.1. The average Bonchev–Trinajstić information content (AvgIpc) is 2.74. The number of ether oxygens (including phenoxy) is 1. The van der Waals surface area contributed by atoms with Crippen molar-refractivity contribution in [2.24, 2.45) is 0 Å². The predicted molar refractivity (Wildman–Crippen MR) is 111 cm³/mol. The molecule has 0 saturated carbocycles. The van der Waals surface area contributed by atoms with Gasteiger partial charge >= 0.3 is 0 Å². The number of rotatable bonds is 4. The molecule has 1 aliphatic rings. The fourth-order valence-electron chi connectivity index (χ4n) is 3.72. The van der Waals surface area contributed by atoms with Crippen LogP contribution in [0.15, 0.2) is 52.4 Å². The third-order valence-electron chi connectivity index (χ3n) is 5.31. The van der Waals surface area contributed by atoms with Crippen molar-refractivity contribution in [1.82, 2.24) is 13.9 Å². The summed E-state index contributed by atoms with van der Waals surface area (Å²) in [5, 5.41) is 0.632. The highest BCUT2D eigenvalue weighted by molar-refractivity contribution is 7.89. The minimum absolute atomic E-state index is 0.0162. The Kier molecular flexibility index (Phi) is 5.52. The molecule has 0 bridgehead atoms. The van der Waals surface area contributed by atoms with Crippen LogP contribution in [0.25, 0.3) is 10.9 Å². The van der Waals surface area contributed by atoms with E-state index in [1.807, 2.05) is 0 Å². The second kappa shape index (κ2) is 7.98. The van der Waals surface area contributed by atoms with Crippen LogP contribution < -0.4 is 10.3 Å². The van der Waals surface area contributed by atoms with Crippen LogP contribution in [0.2, 0.25) is 5.02 Å². The van der Waals surface area contributed by atoms with Gasteiger partial charge in [-0.25, -0.2) is 17.8 Å². The monoisotopic (exact) mass is 451 g/mol. The minimum atomic E-state index is -3.80. The van der Waals surface area contributed by atoms with Gasteiger partial charge in [-0.15, -0.1) is 0 Å². The summed E-state index contributed by atoms with van der Waals surface area (Å²) in [6.45, 7) is 0.465. The number of halogens is 2. The lowest BCUT2D eigenvalue weighted by Gasteiger charge is -2.32. The molecule has 0 atom stereocenters. The first-order chi connectivity index (χ1) is 14.3. The van der Waals surface area contributed by atoms with Gasteiger partial charge in [-0.1, -0.05) is 11.6 Å². The second-order valence-corrected chi connectivity index (χ2v) is 9.39. The quantitative estimate of drug-likeness (QED) is 0.608. The topological polar surface area (TPSA) is 81.5 Å². The molecule has 1 saturated heterocycles. The van der Waals surface area contributed by atoms with Crippen molar-refractivity contribution < 1.29 is 17.5 Å². The van der Waals surface area contributed by atoms with Gasteiger partial charge in [0.25, 0.3) is 5.56 Å². The molecule has 0 amide bonds. The molecular weight excluding hydrogens is 433 g/mol. The van der Waals surface area contributed by atoms with Gasteiger partial charge in [0.15, 0.2) is 0 Å². The molecule has 2 heterocycles. The van der Waals surface area contributed by atoms with E-state index in [1.54, 1.807) is 6.07 Å². The number of benzene rings is 2. The number of aromatic nitrogens is 2. The standard InChI is InChI=1S/C20H19ClFN3O4S/c1-29-18-5-2-13(21)10-19(18)30(27,28)24-8-6-15(7-9-24)25-12-23-17-11-14(22)3-4-16(17)20(25)26/h2-5,10-12,15H,6-9H2,1H3. The third kappa shape index (κ3) is 3.68. The van der Waals surface area contributed by atoms with Crippen LogP contribution in [0.3, 0.4) is 0 Å². The Balaban J connectivity index is 1.58. The number of nitrogens with zero attached hydrogens (tertiary/aromatic N) is 3. The Labute approximate surface area is 177 Å². The molecule has 0 radical (unpaired) electrons. The van der Waals surface area contributed by atoms with E-state index >= 15 is 0 Å². The Bertz CT molecular complexity index is 1270. The van der Waals surface area contributed by atoms with Gasteiger partial charge in [-0.3, -0.25) is 9.36 Å². The maximum Gasteiger partial charge on any atom is 0.261 e. The summed E-state index contributed by atoms with van der Waals surface area (Å²) in [5.41, 5.74) is 0.0298. The minimum Gasteiger partial charge on any atom is -0.495 e. The summed E-state index contributed by atoms with van der Waals surface area (Å²) in [6, 6.07) is 8.12. The lowest BCUT2D eigenvalue weighted by molar-refractivity contribution is 0.269. The van der Waals surface area contributed by atoms with Crippen molar-refractivity contribution in [2.75, 3.05) is 20.2 Å². The summed E-state index contributed by atoms with van der Waals surface area (Å²) in [7, 11) is -2.40. The maximum absolute atomic E-state index is 13.4. The molecule has 4 rings (SSSR count). The Morgan fingerprint density at radius 2 is 1.90 bits per heavy atom. The normalized spacial score (nSPS) is 16.1. The Hall–Kier alpha value is -2.49. The van der Waals surface area contributed by atoms with Crippen molar-refractivity contribution >= 4 is 32.5 Å². The number of fused-ring (bicyclic) bond motifs is 1. The van der Waals surface area contributed by atoms with E-state index in [4.69, 9.17) is 16.3 Å². The van der Waals surface area contributed by atoms with Crippen molar-refractivity contribution in [3.63, 3.8) is 0 Å². The van der Waals surface area contributed by atoms with E-state index in [1.165, 1.54) is 52.6 Å². The molecule has 1 aliphatic heterocycles. The van der Waals surface area contributed by atoms with Gasteiger partial charge in [-0.05, 0) is 43.2 Å². The molecule has 1 aromatic heterocycles. The lowest BCUT2D eigenvalue weighted by Crippen LogP contribution is -2.41. The van der Waals surface area contributed by atoms with E-state index < -0.39 is 15.8 Å². The second-order valence-electron chi connectivity index (χ2n) is 7.05. The summed E-state index contributed by atoms with van der Waals surface area (Å²) in [4.78, 5) is 17.0. The van der Waals surface area contributed by atoms with Crippen molar-refractivity contribution in [2.45, 2.75) is 23.8 Å². The van der Waals surface area contributed by atoms with Gasteiger partial charge < -0.3 is 4.74 Å². The fraction of sp³-hybridized carbons (Fsp3) is 0.300. The summed E-state index contributed by atoms with van der Waals surface area (Å²) in [6.07, 6.45) is 2.28. The van der Waals surface area contributed by atoms with Gasteiger partial charge in [0.2, 0.25) is 10.0 Å². The van der Waals surface area contributed by atoms with Gasteiger partial charge in [0.1, 0.15) is 16.5 Å². The first kappa shape index (κ1) is 20.8. The van der Waals surface area contributed by atoms with Crippen LogP contribution in [0.4, 0.5) is 4.39 Å². The van der Waals surface area contributed by atoms with Crippen LogP contribution >= 0.6 is 11.6 Å². The van der Waals surface area contributed by atoms with Crippen LogP contribution in [-0.4, -0.2) is 42.5 Å². The highest BCUT2D eigenvalue weighted by Gasteiger charge is 2.32. The van der Waals surface area contributed by atoms with Crippen LogP contribution in [0.5, 0.6) is 5.75 Å². The molecule has 10 heteroatoms. The number of piperidine rings is 1. The highest BCUT2D eigenvalue weighted by atomic mass is 35.5. The third-order valence-corrected chi connectivity index (χ3v) is 7.46. The fourth-order valence-corrected chi connectivity index (χ4v) is 5.61. The number of hydrogen-bond acceptors (Lipinski definition) is 5. The zero-order chi connectivity index (χ0) is 21.5. The van der Waals surface area contributed by atoms with Gasteiger partial charge in [-0.2, -0.15) is 4.31 Å². The number of methoxy groups -OCH3 is 1. The zero-order valence-corrected chi connectivity index (χ0v) is 17.7. The highest BCUT2D eigenvalue weighted by Crippen LogP contribution is 2.32. The lowest BCUT2D eigenvalue weighted by atomic mass is 10.1. The molecule has 0 spiro atoms. The summed E-state index contributed by atoms with van der Waals surface area (Å²) >= 11 is 5.99. The van der Waals surface area contributed by atoms with Crippen molar-refractivity contribution in [3.05, 3.63) is 63.9 Å². The van der Waals surface area contributed by atoms with E-state index in [-0.39, 0.29) is 35.3 Å². The SMILES string of the molecule is COc1ccc(Cl)cc1S(=O)(=O)N1CCC(n2cnc3cc(F)ccc3c2=O)CC1. The number of hydrogen-bond donors (Lipinski definition) is 0. The van der Waals surface area contributed by atoms with Crippen LogP contribution in [0.1, 0.15) is 18.9 Å². The molecule has 0 N–H and O–H groups in total. The first-order valence-corrected chi connectivity index (χ1v) is 11.1. The molecule has 158 valence electrons. The van der Waals surface area contributed by atoms with Gasteiger partial charge in [0, 0.05) is 30.2 Å². The molecule has 3 aromatic rings. The van der Waals surface area contributed by atoms with Crippen molar-refractivity contribution in [3.8, 4) is 5.75 Å². The molecular formula is C20H19ClFN3O4S. The molecule has 1 fully saturated rings. The summed E-state index contributed by atoms with van der Waals surface area (Å²) in [5.74, 6) is -0.231. The van der Waals surface area contributed by atoms with E-state index in [0.29, 0.717) is 28.8 Å². The molecule has 0 aliphatic carbocycles. The average molecular weight is 452 g/mol. The maximum atomic E-state index is 13.4. The molecule has 7 nitrogen and oxygen atoms in total. The van der Waals surface area contributed by atoms with Crippen molar-refractivity contribution in [1.29, 1.82) is 0 Å². The Morgan fingerprint density at radius 3 is 2.60 bits per heavy atom.